The third kappa shape index (κ3) is 8.35. The summed E-state index contributed by atoms with van der Waals surface area (Å²) < 4.78 is 27.2. The number of halogens is 2. The molecule has 2 rings (SSSR count). The largest absolute Gasteiger partial charge is 0.774 e. The third-order valence-electron chi connectivity index (χ3n) is 1.49. The van der Waals surface area contributed by atoms with E-state index < -0.39 is 11.0 Å². The van der Waals surface area contributed by atoms with Gasteiger partial charge in [0.15, 0.2) is 11.0 Å². The molecule has 19 heavy (non-hydrogen) atoms. The summed E-state index contributed by atoms with van der Waals surface area (Å²) in [5.74, 6) is 0.896. The van der Waals surface area contributed by atoms with Gasteiger partial charge in [-0.05, 0) is 0 Å². The van der Waals surface area contributed by atoms with Crippen molar-refractivity contribution >= 4 is 97.6 Å². The van der Waals surface area contributed by atoms with Crippen LogP contribution in [0.25, 0.3) is 0 Å². The van der Waals surface area contributed by atoms with E-state index in [1.165, 1.54) is 23.5 Å². The molecular formula is C8H6F2NiS8-4. The fourth-order valence-electron chi connectivity index (χ4n) is 0.797. The van der Waals surface area contributed by atoms with Crippen LogP contribution in [-0.4, -0.2) is 22.5 Å². The molecule has 0 fully saturated rings. The van der Waals surface area contributed by atoms with Crippen LogP contribution < -0.4 is 0 Å². The van der Waals surface area contributed by atoms with Gasteiger partial charge in [0.1, 0.15) is 0 Å². The number of thioether (sulfide) groups is 4. The number of alkyl halides is 2. The zero-order valence-corrected chi connectivity index (χ0v) is 16.4. The van der Waals surface area contributed by atoms with E-state index in [1.54, 1.807) is 0 Å². The molecule has 2 unspecified atom stereocenters. The smallest absolute Gasteiger partial charge is 0.157 e. The SMILES string of the molecule is FC1CSC([S-])=C([S-])S1.FC1CSC([S-])=C([S-])S1.[Ni]. The zero-order valence-electron chi connectivity index (χ0n) is 8.91. The second-order valence-electron chi connectivity index (χ2n) is 2.83. The van der Waals surface area contributed by atoms with Crippen LogP contribution in [0.5, 0.6) is 0 Å². The van der Waals surface area contributed by atoms with Crippen molar-refractivity contribution in [3.05, 3.63) is 16.9 Å². The Bertz CT molecular complexity index is 327. The summed E-state index contributed by atoms with van der Waals surface area (Å²) in [6.07, 6.45) is 0. The van der Waals surface area contributed by atoms with Gasteiger partial charge in [0.05, 0.1) is 0 Å². The normalized spacial score (nSPS) is 27.3. The first kappa shape index (κ1) is 21.1. The first-order chi connectivity index (χ1) is 8.40. The molecule has 0 saturated carbocycles. The van der Waals surface area contributed by atoms with Crippen molar-refractivity contribution in [1.29, 1.82) is 0 Å². The van der Waals surface area contributed by atoms with Crippen LogP contribution in [0.1, 0.15) is 0 Å². The molecule has 0 amide bonds. The number of hydrogen-bond donors (Lipinski definition) is 0. The second-order valence-corrected chi connectivity index (χ2v) is 9.87. The fourth-order valence-corrected chi connectivity index (χ4v) is 5.53. The molecule has 0 aromatic rings. The van der Waals surface area contributed by atoms with Crippen molar-refractivity contribution in [3.63, 3.8) is 0 Å². The summed E-state index contributed by atoms with van der Waals surface area (Å²) in [6.45, 7) is 0. The average Bonchev–Trinajstić information content (AvgIpc) is 2.30. The fraction of sp³-hybridized carbons (Fsp3) is 0.500. The molecule has 0 spiro atoms. The summed E-state index contributed by atoms with van der Waals surface area (Å²) in [5, 5.41) is 0. The second kappa shape index (κ2) is 10.8. The summed E-state index contributed by atoms with van der Waals surface area (Å²) in [6, 6.07) is 0. The van der Waals surface area contributed by atoms with Gasteiger partial charge in [-0.25, -0.2) is 8.78 Å². The Hall–Kier alpha value is 2.11. The van der Waals surface area contributed by atoms with Crippen molar-refractivity contribution in [2.75, 3.05) is 11.5 Å². The molecule has 0 aromatic carbocycles. The Morgan fingerprint density at radius 1 is 0.737 bits per heavy atom. The van der Waals surface area contributed by atoms with Crippen LogP contribution in [-0.2, 0) is 67.0 Å². The third-order valence-corrected chi connectivity index (χ3v) is 8.58. The van der Waals surface area contributed by atoms with Crippen LogP contribution in [0.2, 0.25) is 0 Å². The van der Waals surface area contributed by atoms with Gasteiger partial charge in [0.25, 0.3) is 0 Å². The standard InChI is InChI=1S/2C4H5FS4.Ni/c2*5-2-1-8-3(6)4(7)9-2;/h2*2,6-7H,1H2;/p-4. The first-order valence-corrected chi connectivity index (χ1v) is 9.80. The van der Waals surface area contributed by atoms with E-state index in [9.17, 15) is 8.78 Å². The van der Waals surface area contributed by atoms with Crippen molar-refractivity contribution in [2.24, 2.45) is 0 Å². The maximum absolute atomic E-state index is 12.4. The molecule has 0 aromatic heterocycles. The van der Waals surface area contributed by atoms with Crippen molar-refractivity contribution in [2.45, 2.75) is 11.0 Å². The maximum Gasteiger partial charge on any atom is 0.157 e. The zero-order chi connectivity index (χ0) is 13.7. The Balaban J connectivity index is 0.000000324. The molecular weight excluding hydrogens is 449 g/mol. The predicted octanol–water partition coefficient (Wildman–Crippen LogP) is 3.96. The van der Waals surface area contributed by atoms with Gasteiger partial charge < -0.3 is 50.5 Å². The minimum absolute atomic E-state index is 0. The van der Waals surface area contributed by atoms with E-state index in [2.05, 4.69) is 0 Å². The predicted molar refractivity (Wildman–Crippen MR) is 93.4 cm³/mol. The summed E-state index contributed by atoms with van der Waals surface area (Å²) in [4.78, 5) is 0. The topological polar surface area (TPSA) is 0 Å². The van der Waals surface area contributed by atoms with Crippen molar-refractivity contribution in [1.82, 2.24) is 0 Å². The number of hydrogen-bond acceptors (Lipinski definition) is 8. The maximum atomic E-state index is 12.4. The van der Waals surface area contributed by atoms with Gasteiger partial charge in [-0.15, -0.1) is 23.5 Å². The Labute approximate surface area is 160 Å². The molecule has 0 bridgehead atoms. The number of rotatable bonds is 0. The van der Waals surface area contributed by atoms with E-state index in [4.69, 9.17) is 50.5 Å². The van der Waals surface area contributed by atoms with Crippen LogP contribution in [0.15, 0.2) is 16.9 Å². The quantitative estimate of drug-likeness (QED) is 0.393. The molecule has 0 saturated heterocycles. The van der Waals surface area contributed by atoms with Crippen LogP contribution in [0.4, 0.5) is 8.78 Å². The molecule has 11 heteroatoms. The molecule has 0 N–H and O–H groups in total. The van der Waals surface area contributed by atoms with Gasteiger partial charge in [0, 0.05) is 28.0 Å². The van der Waals surface area contributed by atoms with E-state index >= 15 is 0 Å². The van der Waals surface area contributed by atoms with Crippen LogP contribution in [0.3, 0.4) is 0 Å². The van der Waals surface area contributed by atoms with Gasteiger partial charge in [0.2, 0.25) is 0 Å². The minimum Gasteiger partial charge on any atom is -0.774 e. The monoisotopic (exact) mass is 454 g/mol. The van der Waals surface area contributed by atoms with E-state index in [1.807, 2.05) is 0 Å². The Morgan fingerprint density at radius 3 is 1.26 bits per heavy atom. The van der Waals surface area contributed by atoms with Crippen molar-refractivity contribution < 1.29 is 25.3 Å². The minimum atomic E-state index is -0.853. The van der Waals surface area contributed by atoms with E-state index in [0.717, 1.165) is 23.5 Å². The molecule has 0 aliphatic carbocycles. The summed E-state index contributed by atoms with van der Waals surface area (Å²) in [5.41, 5.74) is -1.71. The van der Waals surface area contributed by atoms with E-state index in [-0.39, 0.29) is 16.5 Å². The molecule has 2 aliphatic rings. The Kier molecular flexibility index (Phi) is 12.0. The average molecular weight is 455 g/mol. The van der Waals surface area contributed by atoms with Gasteiger partial charge in [-0.1, -0.05) is 0 Å². The van der Waals surface area contributed by atoms with Crippen LogP contribution in [0, 0.1) is 0 Å². The summed E-state index contributed by atoms with van der Waals surface area (Å²) in [7, 11) is 0. The van der Waals surface area contributed by atoms with E-state index in [0.29, 0.717) is 28.5 Å². The molecule has 2 atom stereocenters. The molecule has 2 aliphatic heterocycles. The molecule has 114 valence electrons. The molecule has 0 radical (unpaired) electrons. The van der Waals surface area contributed by atoms with Crippen LogP contribution >= 0.6 is 47.0 Å². The Morgan fingerprint density at radius 2 is 1.05 bits per heavy atom. The van der Waals surface area contributed by atoms with Gasteiger partial charge in [-0.2, -0.15) is 40.5 Å². The van der Waals surface area contributed by atoms with Gasteiger partial charge >= 0.3 is 0 Å². The van der Waals surface area contributed by atoms with Gasteiger partial charge in [-0.3, -0.25) is 0 Å². The first-order valence-electron chi connectivity index (χ1n) is 4.43. The molecule has 2 heterocycles. The van der Waals surface area contributed by atoms with Crippen molar-refractivity contribution in [3.8, 4) is 0 Å². The molecule has 0 nitrogen and oxygen atoms in total. The summed E-state index contributed by atoms with van der Waals surface area (Å²) >= 11 is 23.9.